The number of anilines is 1. The number of aromatic nitrogens is 2. The molecule has 0 atom stereocenters. The zero-order valence-corrected chi connectivity index (χ0v) is 19.3. The molecule has 0 saturated carbocycles. The SMILES string of the molecule is CC(C)N1CCOc2c(F)cc(-c3nc(CC4CCN(S(C)(=O)=O)CC4)ncc3F)cc21. The molecule has 3 heterocycles. The molecule has 0 spiro atoms. The first-order valence-electron chi connectivity index (χ1n) is 10.8. The van der Waals surface area contributed by atoms with Crippen LogP contribution in [-0.4, -0.2) is 61.2 Å². The number of sulfonamides is 1. The summed E-state index contributed by atoms with van der Waals surface area (Å²) >= 11 is 0. The van der Waals surface area contributed by atoms with E-state index in [0.717, 1.165) is 6.20 Å². The summed E-state index contributed by atoms with van der Waals surface area (Å²) in [6, 6.07) is 3.11. The summed E-state index contributed by atoms with van der Waals surface area (Å²) < 4.78 is 59.9. The van der Waals surface area contributed by atoms with Crippen molar-refractivity contribution in [3.63, 3.8) is 0 Å². The molecule has 32 heavy (non-hydrogen) atoms. The number of piperidine rings is 1. The quantitative estimate of drug-likeness (QED) is 0.674. The molecule has 4 rings (SSSR count). The van der Waals surface area contributed by atoms with Gasteiger partial charge in [-0.3, -0.25) is 0 Å². The van der Waals surface area contributed by atoms with E-state index >= 15 is 0 Å². The van der Waals surface area contributed by atoms with Crippen molar-refractivity contribution in [2.24, 2.45) is 5.92 Å². The van der Waals surface area contributed by atoms with Gasteiger partial charge in [0.25, 0.3) is 0 Å². The molecule has 1 fully saturated rings. The van der Waals surface area contributed by atoms with E-state index in [1.54, 1.807) is 6.07 Å². The molecular weight excluding hydrogens is 438 g/mol. The Balaban J connectivity index is 1.59. The Morgan fingerprint density at radius 3 is 2.53 bits per heavy atom. The number of hydrogen-bond acceptors (Lipinski definition) is 6. The Morgan fingerprint density at radius 1 is 1.16 bits per heavy atom. The summed E-state index contributed by atoms with van der Waals surface area (Å²) in [6.07, 6.45) is 4.23. The molecular formula is C22H28F2N4O3S. The minimum Gasteiger partial charge on any atom is -0.486 e. The summed E-state index contributed by atoms with van der Waals surface area (Å²) in [5.41, 5.74) is 0.985. The first-order valence-corrected chi connectivity index (χ1v) is 12.7. The van der Waals surface area contributed by atoms with Crippen LogP contribution in [0.5, 0.6) is 5.75 Å². The Labute approximate surface area is 187 Å². The number of ether oxygens (including phenoxy) is 1. The first-order chi connectivity index (χ1) is 15.1. The second kappa shape index (κ2) is 8.90. The van der Waals surface area contributed by atoms with Crippen LogP contribution in [0.1, 0.15) is 32.5 Å². The Bertz CT molecular complexity index is 1100. The van der Waals surface area contributed by atoms with E-state index in [-0.39, 0.29) is 23.4 Å². The van der Waals surface area contributed by atoms with Crippen molar-refractivity contribution in [2.45, 2.75) is 39.2 Å². The van der Waals surface area contributed by atoms with Gasteiger partial charge in [0, 0.05) is 31.1 Å². The molecule has 0 bridgehead atoms. The predicted molar refractivity (Wildman–Crippen MR) is 118 cm³/mol. The third-order valence-electron chi connectivity index (χ3n) is 6.12. The van der Waals surface area contributed by atoms with Gasteiger partial charge in [-0.15, -0.1) is 0 Å². The van der Waals surface area contributed by atoms with Gasteiger partial charge in [0.15, 0.2) is 17.4 Å². The number of halogens is 2. The van der Waals surface area contributed by atoms with E-state index in [2.05, 4.69) is 9.97 Å². The van der Waals surface area contributed by atoms with E-state index in [1.807, 2.05) is 18.7 Å². The molecule has 0 unspecified atom stereocenters. The van der Waals surface area contributed by atoms with Crippen LogP contribution in [0.3, 0.4) is 0 Å². The molecule has 10 heteroatoms. The van der Waals surface area contributed by atoms with E-state index in [1.165, 1.54) is 16.6 Å². The Hall–Kier alpha value is -2.33. The molecule has 1 aromatic carbocycles. The largest absolute Gasteiger partial charge is 0.486 e. The minimum atomic E-state index is -3.19. The van der Waals surface area contributed by atoms with Crippen molar-refractivity contribution < 1.29 is 21.9 Å². The molecule has 2 aromatic rings. The van der Waals surface area contributed by atoms with Crippen molar-refractivity contribution >= 4 is 15.7 Å². The van der Waals surface area contributed by atoms with E-state index in [4.69, 9.17) is 4.74 Å². The average molecular weight is 467 g/mol. The summed E-state index contributed by atoms with van der Waals surface area (Å²) in [5.74, 6) is -0.310. The van der Waals surface area contributed by atoms with Gasteiger partial charge in [-0.1, -0.05) is 0 Å². The Kier molecular flexibility index (Phi) is 6.35. The van der Waals surface area contributed by atoms with Gasteiger partial charge < -0.3 is 9.64 Å². The molecule has 1 aromatic heterocycles. The maximum atomic E-state index is 14.8. The molecule has 0 amide bonds. The van der Waals surface area contributed by atoms with Crippen molar-refractivity contribution in [3.8, 4) is 17.0 Å². The normalized spacial score (nSPS) is 18.0. The number of benzene rings is 1. The van der Waals surface area contributed by atoms with Crippen LogP contribution >= 0.6 is 0 Å². The summed E-state index contributed by atoms with van der Waals surface area (Å²) in [5, 5.41) is 0. The van der Waals surface area contributed by atoms with Crippen molar-refractivity contribution in [2.75, 3.05) is 37.4 Å². The summed E-state index contributed by atoms with van der Waals surface area (Å²) in [7, 11) is -3.19. The molecule has 0 aliphatic carbocycles. The van der Waals surface area contributed by atoms with E-state index in [9.17, 15) is 17.2 Å². The van der Waals surface area contributed by atoms with Crippen LogP contribution in [0.2, 0.25) is 0 Å². The van der Waals surface area contributed by atoms with Crippen LogP contribution in [0.15, 0.2) is 18.3 Å². The lowest BCUT2D eigenvalue weighted by molar-refractivity contribution is 0.271. The average Bonchev–Trinajstić information content (AvgIpc) is 2.74. The first kappa shape index (κ1) is 22.8. The van der Waals surface area contributed by atoms with Crippen LogP contribution in [0.4, 0.5) is 14.5 Å². The molecule has 2 aliphatic heterocycles. The van der Waals surface area contributed by atoms with Crippen LogP contribution < -0.4 is 9.64 Å². The summed E-state index contributed by atoms with van der Waals surface area (Å²) in [4.78, 5) is 10.6. The maximum absolute atomic E-state index is 14.8. The predicted octanol–water partition coefficient (Wildman–Crippen LogP) is 3.24. The summed E-state index contributed by atoms with van der Waals surface area (Å²) in [6.45, 7) is 5.95. The monoisotopic (exact) mass is 466 g/mol. The highest BCUT2D eigenvalue weighted by Crippen LogP contribution is 2.39. The second-order valence-corrected chi connectivity index (χ2v) is 10.7. The third kappa shape index (κ3) is 4.71. The maximum Gasteiger partial charge on any atom is 0.211 e. The van der Waals surface area contributed by atoms with Gasteiger partial charge in [-0.05, 0) is 44.7 Å². The third-order valence-corrected chi connectivity index (χ3v) is 7.42. The molecule has 0 N–H and O–H groups in total. The fourth-order valence-electron chi connectivity index (χ4n) is 4.38. The standard InChI is InChI=1S/C22H28F2N4O3S/c1-14(2)28-8-9-31-22-17(23)11-16(12-19(22)28)21-18(24)13-25-20(26-21)10-15-4-6-27(7-5-15)32(3,29)30/h11-15H,4-10H2,1-3H3. The lowest BCUT2D eigenvalue weighted by Crippen LogP contribution is -2.38. The van der Waals surface area contributed by atoms with E-state index in [0.29, 0.717) is 62.6 Å². The lowest BCUT2D eigenvalue weighted by atomic mass is 9.94. The van der Waals surface area contributed by atoms with Crippen molar-refractivity contribution in [1.29, 1.82) is 0 Å². The highest BCUT2D eigenvalue weighted by molar-refractivity contribution is 7.88. The van der Waals surface area contributed by atoms with Gasteiger partial charge >= 0.3 is 0 Å². The van der Waals surface area contributed by atoms with Gasteiger partial charge in [0.2, 0.25) is 10.0 Å². The fraction of sp³-hybridized carbons (Fsp3) is 0.545. The minimum absolute atomic E-state index is 0.0551. The number of hydrogen-bond donors (Lipinski definition) is 0. The van der Waals surface area contributed by atoms with Gasteiger partial charge in [0.05, 0.1) is 24.7 Å². The highest BCUT2D eigenvalue weighted by Gasteiger charge is 2.27. The van der Waals surface area contributed by atoms with Gasteiger partial charge in [-0.25, -0.2) is 31.5 Å². The second-order valence-electron chi connectivity index (χ2n) is 8.73. The van der Waals surface area contributed by atoms with Crippen molar-refractivity contribution in [3.05, 3.63) is 35.8 Å². The highest BCUT2D eigenvalue weighted by atomic mass is 32.2. The van der Waals surface area contributed by atoms with Crippen molar-refractivity contribution in [1.82, 2.24) is 14.3 Å². The zero-order valence-electron chi connectivity index (χ0n) is 18.5. The van der Waals surface area contributed by atoms with Crippen LogP contribution in [0, 0.1) is 17.6 Å². The topological polar surface area (TPSA) is 75.6 Å². The van der Waals surface area contributed by atoms with Crippen LogP contribution in [-0.2, 0) is 16.4 Å². The molecule has 174 valence electrons. The van der Waals surface area contributed by atoms with Gasteiger partial charge in [0.1, 0.15) is 18.1 Å². The lowest BCUT2D eigenvalue weighted by Gasteiger charge is -2.34. The molecule has 0 radical (unpaired) electrons. The smallest absolute Gasteiger partial charge is 0.211 e. The van der Waals surface area contributed by atoms with Crippen LogP contribution in [0.25, 0.3) is 11.3 Å². The number of rotatable bonds is 5. The van der Waals surface area contributed by atoms with E-state index < -0.39 is 21.7 Å². The van der Waals surface area contributed by atoms with Gasteiger partial charge in [-0.2, -0.15) is 0 Å². The Morgan fingerprint density at radius 2 is 1.88 bits per heavy atom. The fourth-order valence-corrected chi connectivity index (χ4v) is 5.26. The number of nitrogens with zero attached hydrogens (tertiary/aromatic N) is 4. The molecule has 7 nitrogen and oxygen atoms in total. The molecule has 1 saturated heterocycles. The number of fused-ring (bicyclic) bond motifs is 1. The zero-order chi connectivity index (χ0) is 23.0. The molecule has 2 aliphatic rings.